The number of likely N-dealkylation sites (tertiary alicyclic amines) is 2. The van der Waals surface area contributed by atoms with Crippen LogP contribution in [0.25, 0.3) is 0 Å². The highest BCUT2D eigenvalue weighted by atomic mass is 16.3. The van der Waals surface area contributed by atoms with E-state index in [0.29, 0.717) is 5.92 Å². The first-order valence-electron chi connectivity index (χ1n) is 7.91. The van der Waals surface area contributed by atoms with Gasteiger partial charge in [0.1, 0.15) is 6.04 Å². The number of carbonyl (C=O) groups excluding carboxylic acids is 2. The quantitative estimate of drug-likeness (QED) is 0.821. The van der Waals surface area contributed by atoms with E-state index in [2.05, 4.69) is 0 Å². The highest BCUT2D eigenvalue weighted by Crippen LogP contribution is 2.34. The number of aliphatic hydroxyl groups excluding tert-OH is 1. The molecular formula is C15H24N2O3. The van der Waals surface area contributed by atoms with Crippen molar-refractivity contribution in [2.75, 3.05) is 26.2 Å². The van der Waals surface area contributed by atoms with Crippen molar-refractivity contribution in [2.45, 2.75) is 44.6 Å². The zero-order valence-corrected chi connectivity index (χ0v) is 12.0. The molecule has 1 N–H and O–H groups in total. The third-order valence-corrected chi connectivity index (χ3v) is 4.88. The Balaban J connectivity index is 1.60. The van der Waals surface area contributed by atoms with Crippen molar-refractivity contribution in [2.24, 2.45) is 11.8 Å². The average Bonchev–Trinajstić information content (AvgIpc) is 3.00. The smallest absolute Gasteiger partial charge is 0.245 e. The first-order chi connectivity index (χ1) is 9.70. The Morgan fingerprint density at radius 3 is 2.55 bits per heavy atom. The number of aliphatic hydroxyl groups is 1. The van der Waals surface area contributed by atoms with Crippen LogP contribution in [0.4, 0.5) is 0 Å². The Labute approximate surface area is 119 Å². The minimum atomic E-state index is -0.212. The first-order valence-corrected chi connectivity index (χ1v) is 7.91. The lowest BCUT2D eigenvalue weighted by atomic mass is 10.1. The second-order valence-electron chi connectivity index (χ2n) is 6.42. The largest absolute Gasteiger partial charge is 0.396 e. The molecule has 2 aliphatic heterocycles. The molecule has 2 atom stereocenters. The minimum absolute atomic E-state index is 0.136. The lowest BCUT2D eigenvalue weighted by Gasteiger charge is -2.28. The van der Waals surface area contributed by atoms with Gasteiger partial charge in [-0.1, -0.05) is 0 Å². The van der Waals surface area contributed by atoms with E-state index in [-0.39, 0.29) is 30.4 Å². The van der Waals surface area contributed by atoms with E-state index in [0.717, 1.165) is 58.2 Å². The van der Waals surface area contributed by atoms with Gasteiger partial charge in [0, 0.05) is 32.2 Å². The summed E-state index contributed by atoms with van der Waals surface area (Å²) in [5.74, 6) is 0.964. The molecule has 0 aromatic rings. The summed E-state index contributed by atoms with van der Waals surface area (Å²) in [5, 5.41) is 8.99. The number of rotatable bonds is 4. The molecule has 0 spiro atoms. The van der Waals surface area contributed by atoms with Gasteiger partial charge >= 0.3 is 0 Å². The molecule has 3 aliphatic rings. The molecular weight excluding hydrogens is 256 g/mol. The number of amides is 2. The maximum atomic E-state index is 12.6. The molecule has 3 rings (SSSR count). The Kier molecular flexibility index (Phi) is 3.96. The summed E-state index contributed by atoms with van der Waals surface area (Å²) >= 11 is 0. The molecule has 2 unspecified atom stereocenters. The van der Waals surface area contributed by atoms with Crippen LogP contribution in [0, 0.1) is 11.8 Å². The van der Waals surface area contributed by atoms with E-state index in [4.69, 9.17) is 5.11 Å². The molecule has 20 heavy (non-hydrogen) atoms. The maximum Gasteiger partial charge on any atom is 0.245 e. The van der Waals surface area contributed by atoms with Crippen molar-refractivity contribution < 1.29 is 14.7 Å². The summed E-state index contributed by atoms with van der Waals surface area (Å²) in [7, 11) is 0. The van der Waals surface area contributed by atoms with Crippen molar-refractivity contribution in [3.63, 3.8) is 0 Å². The van der Waals surface area contributed by atoms with Crippen molar-refractivity contribution in [1.82, 2.24) is 9.80 Å². The Morgan fingerprint density at radius 1 is 1.05 bits per heavy atom. The van der Waals surface area contributed by atoms with Gasteiger partial charge in [-0.15, -0.1) is 0 Å². The maximum absolute atomic E-state index is 12.6. The zero-order chi connectivity index (χ0) is 14.1. The monoisotopic (exact) mass is 280 g/mol. The Hall–Kier alpha value is -1.10. The van der Waals surface area contributed by atoms with Crippen LogP contribution in [-0.2, 0) is 9.59 Å². The van der Waals surface area contributed by atoms with Crippen LogP contribution in [-0.4, -0.2) is 59.0 Å². The second-order valence-corrected chi connectivity index (χ2v) is 6.42. The van der Waals surface area contributed by atoms with Gasteiger partial charge < -0.3 is 14.9 Å². The Bertz CT molecular complexity index is 395. The molecule has 0 radical (unpaired) electrons. The normalized spacial score (nSPS) is 30.1. The molecule has 5 nitrogen and oxygen atoms in total. The van der Waals surface area contributed by atoms with E-state index in [1.807, 2.05) is 9.80 Å². The average molecular weight is 280 g/mol. The van der Waals surface area contributed by atoms with Crippen LogP contribution < -0.4 is 0 Å². The van der Waals surface area contributed by atoms with Crippen LogP contribution in [0.1, 0.15) is 38.5 Å². The lowest BCUT2D eigenvalue weighted by Crippen LogP contribution is -2.47. The summed E-state index contributed by atoms with van der Waals surface area (Å²) in [6.45, 7) is 2.48. The fourth-order valence-corrected chi connectivity index (χ4v) is 3.51. The molecule has 5 heteroatoms. The third kappa shape index (κ3) is 2.68. The van der Waals surface area contributed by atoms with Crippen molar-refractivity contribution in [1.29, 1.82) is 0 Å². The summed E-state index contributed by atoms with van der Waals surface area (Å²) in [6, 6.07) is -0.212. The van der Waals surface area contributed by atoms with Crippen molar-refractivity contribution >= 4 is 11.8 Å². The highest BCUT2D eigenvalue weighted by molar-refractivity contribution is 5.90. The van der Waals surface area contributed by atoms with Crippen molar-refractivity contribution in [3.05, 3.63) is 0 Å². The minimum Gasteiger partial charge on any atom is -0.396 e. The van der Waals surface area contributed by atoms with Crippen LogP contribution in [0.3, 0.4) is 0 Å². The molecule has 2 saturated heterocycles. The predicted molar refractivity (Wildman–Crippen MR) is 73.8 cm³/mol. The SMILES string of the molecule is O=C(C1CCCN1C(=O)C1CC1)N1CCC(CCO)C1. The van der Waals surface area contributed by atoms with Gasteiger partial charge in [0.2, 0.25) is 11.8 Å². The number of hydrogen-bond acceptors (Lipinski definition) is 3. The molecule has 3 fully saturated rings. The van der Waals surface area contributed by atoms with Crippen LogP contribution >= 0.6 is 0 Å². The van der Waals surface area contributed by atoms with Gasteiger partial charge in [0.15, 0.2) is 0 Å². The van der Waals surface area contributed by atoms with Gasteiger partial charge in [-0.05, 0) is 44.4 Å². The van der Waals surface area contributed by atoms with Crippen LogP contribution in [0.15, 0.2) is 0 Å². The van der Waals surface area contributed by atoms with Gasteiger partial charge in [-0.25, -0.2) is 0 Å². The number of nitrogens with zero attached hydrogens (tertiary/aromatic N) is 2. The molecule has 112 valence electrons. The number of carbonyl (C=O) groups is 2. The third-order valence-electron chi connectivity index (χ3n) is 4.88. The van der Waals surface area contributed by atoms with E-state index < -0.39 is 0 Å². The van der Waals surface area contributed by atoms with E-state index in [9.17, 15) is 9.59 Å². The fraction of sp³-hybridized carbons (Fsp3) is 0.867. The van der Waals surface area contributed by atoms with Gasteiger partial charge in [-0.2, -0.15) is 0 Å². The fourth-order valence-electron chi connectivity index (χ4n) is 3.51. The number of hydrogen-bond donors (Lipinski definition) is 1. The molecule has 0 aromatic carbocycles. The molecule has 0 aromatic heterocycles. The summed E-state index contributed by atoms with van der Waals surface area (Å²) in [5.41, 5.74) is 0. The summed E-state index contributed by atoms with van der Waals surface area (Å²) < 4.78 is 0. The molecule has 2 amide bonds. The second kappa shape index (κ2) is 5.72. The summed E-state index contributed by atoms with van der Waals surface area (Å²) in [4.78, 5) is 28.6. The van der Waals surface area contributed by atoms with E-state index in [1.54, 1.807) is 0 Å². The molecule has 1 saturated carbocycles. The zero-order valence-electron chi connectivity index (χ0n) is 12.0. The van der Waals surface area contributed by atoms with Crippen molar-refractivity contribution in [3.8, 4) is 0 Å². The topological polar surface area (TPSA) is 60.9 Å². The van der Waals surface area contributed by atoms with Gasteiger partial charge in [0.05, 0.1) is 0 Å². The standard InChI is InChI=1S/C15H24N2O3/c18-9-6-11-5-8-16(10-11)15(20)13-2-1-7-17(13)14(19)12-3-4-12/h11-13,18H,1-10H2. The predicted octanol–water partition coefficient (Wildman–Crippen LogP) is 0.618. The highest BCUT2D eigenvalue weighted by Gasteiger charge is 2.42. The summed E-state index contributed by atoms with van der Waals surface area (Å²) in [6.07, 6.45) is 5.52. The van der Waals surface area contributed by atoms with E-state index >= 15 is 0 Å². The van der Waals surface area contributed by atoms with E-state index in [1.165, 1.54) is 0 Å². The van der Waals surface area contributed by atoms with Crippen LogP contribution in [0.2, 0.25) is 0 Å². The molecule has 2 heterocycles. The molecule has 1 aliphatic carbocycles. The lowest BCUT2D eigenvalue weighted by molar-refractivity contribution is -0.144. The van der Waals surface area contributed by atoms with Crippen LogP contribution in [0.5, 0.6) is 0 Å². The Morgan fingerprint density at radius 2 is 1.85 bits per heavy atom. The van der Waals surface area contributed by atoms with Gasteiger partial charge in [0.25, 0.3) is 0 Å². The first kappa shape index (κ1) is 13.9. The molecule has 0 bridgehead atoms. The van der Waals surface area contributed by atoms with Gasteiger partial charge in [-0.3, -0.25) is 9.59 Å².